The number of para-hydroxylation sites is 1. The first-order valence-corrected chi connectivity index (χ1v) is 5.99. The Morgan fingerprint density at radius 2 is 2.31 bits per heavy atom. The summed E-state index contributed by atoms with van der Waals surface area (Å²) < 4.78 is 0. The van der Waals surface area contributed by atoms with Gasteiger partial charge in [0, 0.05) is 6.04 Å². The van der Waals surface area contributed by atoms with Crippen LogP contribution in [0.3, 0.4) is 0 Å². The molecule has 0 aliphatic heterocycles. The predicted molar refractivity (Wildman–Crippen MR) is 69.8 cm³/mol. The summed E-state index contributed by atoms with van der Waals surface area (Å²) in [6.45, 7) is 2.07. The lowest BCUT2D eigenvalue weighted by Gasteiger charge is -2.11. The molecule has 0 amide bonds. The van der Waals surface area contributed by atoms with E-state index in [9.17, 15) is 0 Å². The van der Waals surface area contributed by atoms with E-state index in [2.05, 4.69) is 23.3 Å². The minimum Gasteiger partial charge on any atom is -0.386 e. The first-order valence-electron chi connectivity index (χ1n) is 5.46. The van der Waals surface area contributed by atoms with Crippen molar-refractivity contribution in [1.29, 1.82) is 0 Å². The molecule has 0 atom stereocenters. The van der Waals surface area contributed by atoms with Crippen molar-refractivity contribution in [3.63, 3.8) is 0 Å². The number of hydrogen-bond donors (Lipinski definition) is 2. The van der Waals surface area contributed by atoms with E-state index in [1.54, 1.807) is 0 Å². The second kappa shape index (κ2) is 4.74. The number of nitrogens with one attached hydrogen (secondary N) is 1. The maximum absolute atomic E-state index is 5.66. The van der Waals surface area contributed by atoms with Crippen LogP contribution in [0.25, 0.3) is 0 Å². The van der Waals surface area contributed by atoms with Crippen LogP contribution in [0, 0.1) is 6.92 Å². The highest BCUT2D eigenvalue weighted by molar-refractivity contribution is 6.28. The van der Waals surface area contributed by atoms with Gasteiger partial charge in [-0.15, -0.1) is 11.6 Å². The Kier molecular flexibility index (Phi) is 3.34. The second-order valence-electron chi connectivity index (χ2n) is 4.12. The largest absolute Gasteiger partial charge is 0.386 e. The second-order valence-corrected chi connectivity index (χ2v) is 4.39. The number of aliphatic imine (C=N–C) groups is 1. The number of hydrogen-bond acceptors (Lipinski definition) is 2. The van der Waals surface area contributed by atoms with Gasteiger partial charge in [-0.25, -0.2) is 4.99 Å². The molecule has 1 aromatic carbocycles. The standard InChI is InChI=1S/C12H16ClN3/c1-8-3-2-4-10(16-11(14)7-13)12(8)15-9-5-6-9/h2-4,9,15H,5-7H2,1H3,(H2,14,16). The highest BCUT2D eigenvalue weighted by Gasteiger charge is 2.22. The molecule has 86 valence electrons. The first kappa shape index (κ1) is 11.3. The van der Waals surface area contributed by atoms with Crippen molar-refractivity contribution in [2.75, 3.05) is 11.2 Å². The molecule has 0 radical (unpaired) electrons. The van der Waals surface area contributed by atoms with E-state index in [4.69, 9.17) is 17.3 Å². The Labute approximate surface area is 101 Å². The zero-order valence-corrected chi connectivity index (χ0v) is 10.1. The van der Waals surface area contributed by atoms with Crippen LogP contribution >= 0.6 is 11.6 Å². The van der Waals surface area contributed by atoms with Gasteiger partial charge in [-0.05, 0) is 31.4 Å². The normalized spacial score (nSPS) is 16.2. The number of nitrogens with two attached hydrogens (primary N) is 1. The number of rotatable bonds is 4. The topological polar surface area (TPSA) is 50.4 Å². The fourth-order valence-corrected chi connectivity index (χ4v) is 1.61. The lowest BCUT2D eigenvalue weighted by molar-refractivity contribution is 1.14. The molecule has 1 aliphatic rings. The number of halogens is 1. The average Bonchev–Trinajstić information content (AvgIpc) is 3.07. The summed E-state index contributed by atoms with van der Waals surface area (Å²) in [6, 6.07) is 6.61. The molecule has 1 fully saturated rings. The molecule has 0 bridgehead atoms. The summed E-state index contributed by atoms with van der Waals surface area (Å²) in [5, 5.41) is 3.48. The van der Waals surface area contributed by atoms with Crippen LogP contribution in [0.1, 0.15) is 18.4 Å². The minimum absolute atomic E-state index is 0.261. The molecule has 16 heavy (non-hydrogen) atoms. The monoisotopic (exact) mass is 237 g/mol. The van der Waals surface area contributed by atoms with Crippen molar-refractivity contribution in [1.82, 2.24) is 0 Å². The number of benzene rings is 1. The van der Waals surface area contributed by atoms with Crippen LogP contribution in [-0.2, 0) is 0 Å². The summed E-state index contributed by atoms with van der Waals surface area (Å²) in [7, 11) is 0. The van der Waals surface area contributed by atoms with E-state index in [1.807, 2.05) is 12.1 Å². The van der Waals surface area contributed by atoms with Gasteiger partial charge in [0.25, 0.3) is 0 Å². The molecule has 3 N–H and O–H groups in total. The molecule has 4 heteroatoms. The summed E-state index contributed by atoms with van der Waals surface area (Å²) >= 11 is 5.64. The van der Waals surface area contributed by atoms with E-state index in [0.29, 0.717) is 11.9 Å². The average molecular weight is 238 g/mol. The van der Waals surface area contributed by atoms with Crippen LogP contribution in [0.15, 0.2) is 23.2 Å². The van der Waals surface area contributed by atoms with Crippen molar-refractivity contribution >= 4 is 28.8 Å². The molecule has 1 saturated carbocycles. The smallest absolute Gasteiger partial charge is 0.115 e. The zero-order chi connectivity index (χ0) is 11.5. The van der Waals surface area contributed by atoms with Crippen molar-refractivity contribution in [3.05, 3.63) is 23.8 Å². The van der Waals surface area contributed by atoms with Crippen LogP contribution in [0.5, 0.6) is 0 Å². The van der Waals surface area contributed by atoms with Gasteiger partial charge in [0.15, 0.2) is 0 Å². The van der Waals surface area contributed by atoms with Crippen LogP contribution in [0.2, 0.25) is 0 Å². The molecule has 1 aromatic rings. The molecule has 2 rings (SSSR count). The van der Waals surface area contributed by atoms with E-state index >= 15 is 0 Å². The Bertz CT molecular complexity index is 411. The van der Waals surface area contributed by atoms with E-state index in [0.717, 1.165) is 11.4 Å². The number of nitrogens with zero attached hydrogens (tertiary/aromatic N) is 1. The summed E-state index contributed by atoms with van der Waals surface area (Å²) in [5.74, 6) is 0.711. The molecule has 0 spiro atoms. The fraction of sp³-hybridized carbons (Fsp3) is 0.417. The first-order chi connectivity index (χ1) is 7.70. The lowest BCUT2D eigenvalue weighted by Crippen LogP contribution is -2.12. The van der Waals surface area contributed by atoms with Gasteiger partial charge in [-0.3, -0.25) is 0 Å². The highest BCUT2D eigenvalue weighted by Crippen LogP contribution is 2.33. The van der Waals surface area contributed by atoms with Crippen molar-refractivity contribution in [3.8, 4) is 0 Å². The van der Waals surface area contributed by atoms with Gasteiger partial charge in [0.1, 0.15) is 5.84 Å². The van der Waals surface area contributed by atoms with Gasteiger partial charge in [0.2, 0.25) is 0 Å². The fourth-order valence-electron chi connectivity index (χ4n) is 1.55. The summed E-state index contributed by atoms with van der Waals surface area (Å²) in [6.07, 6.45) is 2.48. The molecule has 0 saturated heterocycles. The number of aryl methyl sites for hydroxylation is 1. The van der Waals surface area contributed by atoms with Crippen molar-refractivity contribution < 1.29 is 0 Å². The molecule has 0 aromatic heterocycles. The maximum atomic E-state index is 5.66. The van der Waals surface area contributed by atoms with Crippen molar-refractivity contribution in [2.45, 2.75) is 25.8 Å². The predicted octanol–water partition coefficient (Wildman–Crippen LogP) is 2.80. The number of alkyl halides is 1. The van der Waals surface area contributed by atoms with Crippen LogP contribution in [-0.4, -0.2) is 17.8 Å². The molecular formula is C12H16ClN3. The van der Waals surface area contributed by atoms with Gasteiger partial charge < -0.3 is 11.1 Å². The third-order valence-corrected chi connectivity index (χ3v) is 2.85. The van der Waals surface area contributed by atoms with Gasteiger partial charge in [-0.2, -0.15) is 0 Å². The van der Waals surface area contributed by atoms with Crippen LogP contribution < -0.4 is 11.1 Å². The molecule has 1 aliphatic carbocycles. The zero-order valence-electron chi connectivity index (χ0n) is 9.33. The van der Waals surface area contributed by atoms with Gasteiger partial charge in [0.05, 0.1) is 17.3 Å². The van der Waals surface area contributed by atoms with Crippen molar-refractivity contribution in [2.24, 2.45) is 10.7 Å². The lowest BCUT2D eigenvalue weighted by atomic mass is 10.1. The summed E-state index contributed by atoms with van der Waals surface area (Å²) in [4.78, 5) is 4.32. The van der Waals surface area contributed by atoms with E-state index < -0.39 is 0 Å². The molecule has 0 heterocycles. The molecular weight excluding hydrogens is 222 g/mol. The maximum Gasteiger partial charge on any atom is 0.115 e. The Hall–Kier alpha value is -1.22. The van der Waals surface area contributed by atoms with E-state index in [-0.39, 0.29) is 5.88 Å². The quantitative estimate of drug-likeness (QED) is 0.481. The third-order valence-electron chi connectivity index (χ3n) is 2.58. The van der Waals surface area contributed by atoms with Gasteiger partial charge >= 0.3 is 0 Å². The van der Waals surface area contributed by atoms with E-state index in [1.165, 1.54) is 18.4 Å². The Morgan fingerprint density at radius 3 is 2.94 bits per heavy atom. The highest BCUT2D eigenvalue weighted by atomic mass is 35.5. The minimum atomic E-state index is 0.261. The Morgan fingerprint density at radius 1 is 1.56 bits per heavy atom. The molecule has 0 unspecified atom stereocenters. The number of anilines is 1. The number of amidine groups is 1. The molecule has 3 nitrogen and oxygen atoms in total. The SMILES string of the molecule is Cc1cccc(N=C(N)CCl)c1NC1CC1. The van der Waals surface area contributed by atoms with Gasteiger partial charge in [-0.1, -0.05) is 12.1 Å². The summed E-state index contributed by atoms with van der Waals surface area (Å²) in [5.41, 5.74) is 8.81. The Balaban J connectivity index is 2.30. The third kappa shape index (κ3) is 2.67. The van der Waals surface area contributed by atoms with Crippen LogP contribution in [0.4, 0.5) is 11.4 Å².